The van der Waals surface area contributed by atoms with E-state index in [1.807, 2.05) is 23.5 Å². The zero-order valence-electron chi connectivity index (χ0n) is 8.74. The van der Waals surface area contributed by atoms with Crippen LogP contribution in [0, 0.1) is 0 Å². The molecule has 2 aliphatic rings. The highest BCUT2D eigenvalue weighted by Crippen LogP contribution is 2.42. The molecule has 0 radical (unpaired) electrons. The molecule has 1 N–H and O–H groups in total. The van der Waals surface area contributed by atoms with Crippen LogP contribution in [0.15, 0.2) is 0 Å². The normalized spacial score (nSPS) is 30.4. The maximum Gasteiger partial charge on any atom is 0.0881 e. The second kappa shape index (κ2) is 4.64. The maximum absolute atomic E-state index is 10.5. The number of thioether (sulfide) groups is 2. The summed E-state index contributed by atoms with van der Waals surface area (Å²) < 4.78 is 0.435. The van der Waals surface area contributed by atoms with Crippen molar-refractivity contribution in [1.82, 2.24) is 4.90 Å². The predicted molar refractivity (Wildman–Crippen MR) is 65.0 cm³/mol. The van der Waals surface area contributed by atoms with Gasteiger partial charge in [0.25, 0.3) is 0 Å². The van der Waals surface area contributed by atoms with Gasteiger partial charge in [0.2, 0.25) is 0 Å². The van der Waals surface area contributed by atoms with Crippen molar-refractivity contribution >= 4 is 23.5 Å². The zero-order chi connectivity index (χ0) is 10.0. The second-order valence-electron chi connectivity index (χ2n) is 4.33. The average molecular weight is 233 g/mol. The highest BCUT2D eigenvalue weighted by Gasteiger charge is 2.40. The zero-order valence-corrected chi connectivity index (χ0v) is 10.4. The third-order valence-corrected chi connectivity index (χ3v) is 6.47. The topological polar surface area (TPSA) is 23.5 Å². The Kier molecular flexibility index (Phi) is 3.68. The summed E-state index contributed by atoms with van der Waals surface area (Å²) in [6.07, 6.45) is 3.21. The number of rotatable bonds is 1. The van der Waals surface area contributed by atoms with E-state index in [1.165, 1.54) is 17.9 Å². The lowest BCUT2D eigenvalue weighted by atomic mass is 9.93. The van der Waals surface area contributed by atoms with Gasteiger partial charge in [0, 0.05) is 13.1 Å². The Morgan fingerprint density at radius 1 is 1.21 bits per heavy atom. The van der Waals surface area contributed by atoms with Crippen molar-refractivity contribution in [1.29, 1.82) is 0 Å². The van der Waals surface area contributed by atoms with Crippen molar-refractivity contribution in [3.8, 4) is 0 Å². The van der Waals surface area contributed by atoms with Crippen LogP contribution in [0.4, 0.5) is 0 Å². The number of aliphatic hydroxyl groups is 1. The summed E-state index contributed by atoms with van der Waals surface area (Å²) in [6.45, 7) is 2.10. The molecule has 0 aromatic carbocycles. The largest absolute Gasteiger partial charge is 0.388 e. The fourth-order valence-electron chi connectivity index (χ4n) is 2.04. The van der Waals surface area contributed by atoms with Crippen LogP contribution in [0.5, 0.6) is 0 Å². The predicted octanol–water partition coefficient (Wildman–Crippen LogP) is 1.64. The van der Waals surface area contributed by atoms with Crippen molar-refractivity contribution in [2.45, 2.75) is 29.4 Å². The molecular weight excluding hydrogens is 214 g/mol. The number of nitrogens with zero attached hydrogens (tertiary/aromatic N) is 1. The molecule has 0 amide bonds. The van der Waals surface area contributed by atoms with E-state index in [0.29, 0.717) is 4.58 Å². The fourth-order valence-corrected chi connectivity index (χ4v) is 5.33. The van der Waals surface area contributed by atoms with Crippen LogP contribution in [0.25, 0.3) is 0 Å². The smallest absolute Gasteiger partial charge is 0.0881 e. The Morgan fingerprint density at radius 3 is 2.36 bits per heavy atom. The molecule has 0 aliphatic carbocycles. The van der Waals surface area contributed by atoms with Gasteiger partial charge in [0.15, 0.2) is 0 Å². The van der Waals surface area contributed by atoms with Gasteiger partial charge in [0.1, 0.15) is 0 Å². The Labute approximate surface area is 94.8 Å². The van der Waals surface area contributed by atoms with Crippen molar-refractivity contribution < 1.29 is 5.11 Å². The molecule has 2 heterocycles. The van der Waals surface area contributed by atoms with Crippen LogP contribution in [-0.2, 0) is 0 Å². The lowest BCUT2D eigenvalue weighted by Gasteiger charge is -2.42. The van der Waals surface area contributed by atoms with E-state index in [2.05, 4.69) is 11.9 Å². The molecule has 0 bridgehead atoms. The average Bonchev–Trinajstić information content (AvgIpc) is 2.24. The van der Waals surface area contributed by atoms with Gasteiger partial charge in [-0.05, 0) is 37.8 Å². The molecule has 0 aromatic rings. The molecule has 0 atom stereocenters. The third kappa shape index (κ3) is 2.40. The Hall–Kier alpha value is 0.620. The van der Waals surface area contributed by atoms with Crippen LogP contribution < -0.4 is 0 Å². The lowest BCUT2D eigenvalue weighted by Crippen LogP contribution is -2.48. The minimum Gasteiger partial charge on any atom is -0.388 e. The number of hydrogen-bond donors (Lipinski definition) is 1. The summed E-state index contributed by atoms with van der Waals surface area (Å²) in [4.78, 5) is 2.31. The molecule has 0 saturated carbocycles. The minimum absolute atomic E-state index is 0.387. The molecule has 2 nitrogen and oxygen atoms in total. The van der Waals surface area contributed by atoms with Crippen LogP contribution in [-0.4, -0.2) is 51.8 Å². The summed E-state index contributed by atoms with van der Waals surface area (Å²) >= 11 is 3.93. The Bertz CT molecular complexity index is 187. The first-order valence-electron chi connectivity index (χ1n) is 5.35. The second-order valence-corrected chi connectivity index (χ2v) is 7.06. The first-order valence-corrected chi connectivity index (χ1v) is 7.45. The molecule has 4 heteroatoms. The number of piperidine rings is 1. The van der Waals surface area contributed by atoms with E-state index in [1.54, 1.807) is 0 Å². The summed E-state index contributed by atoms with van der Waals surface area (Å²) in [5, 5.41) is 10.5. The quantitative estimate of drug-likeness (QED) is 0.744. The molecule has 0 unspecified atom stereocenters. The molecule has 0 spiro atoms. The number of likely N-dealkylation sites (tertiary alicyclic amines) is 1. The van der Waals surface area contributed by atoms with Gasteiger partial charge in [-0.25, -0.2) is 0 Å². The molecule has 14 heavy (non-hydrogen) atoms. The summed E-state index contributed by atoms with van der Waals surface area (Å²) in [6, 6.07) is 0. The van der Waals surface area contributed by atoms with Gasteiger partial charge < -0.3 is 10.0 Å². The molecule has 2 fully saturated rings. The van der Waals surface area contributed by atoms with Crippen molar-refractivity contribution in [2.75, 3.05) is 31.6 Å². The Morgan fingerprint density at radius 2 is 1.79 bits per heavy atom. The van der Waals surface area contributed by atoms with Gasteiger partial charge in [-0.15, -0.1) is 23.5 Å². The monoisotopic (exact) mass is 233 g/mol. The first kappa shape index (κ1) is 11.1. The molecule has 2 aliphatic heterocycles. The minimum atomic E-state index is -0.387. The van der Waals surface area contributed by atoms with Crippen molar-refractivity contribution in [3.63, 3.8) is 0 Å². The Balaban J connectivity index is 1.93. The molecule has 2 saturated heterocycles. The van der Waals surface area contributed by atoms with E-state index >= 15 is 0 Å². The molecule has 2 rings (SSSR count). The van der Waals surface area contributed by atoms with Gasteiger partial charge in [-0.2, -0.15) is 0 Å². The highest BCUT2D eigenvalue weighted by atomic mass is 32.2. The van der Waals surface area contributed by atoms with Crippen molar-refractivity contribution in [2.24, 2.45) is 0 Å². The standard InChI is InChI=1S/C10H19NOS2/c1-11-5-3-10(12,4-6-11)9-13-7-2-8-14-9/h9,12H,2-8H2,1H3. The summed E-state index contributed by atoms with van der Waals surface area (Å²) in [7, 11) is 2.14. The van der Waals surface area contributed by atoms with E-state index in [-0.39, 0.29) is 5.60 Å². The highest BCUT2D eigenvalue weighted by molar-refractivity contribution is 8.17. The molecular formula is C10H19NOS2. The van der Waals surface area contributed by atoms with Crippen LogP contribution in [0.1, 0.15) is 19.3 Å². The lowest BCUT2D eigenvalue weighted by molar-refractivity contribution is -0.00129. The molecule has 82 valence electrons. The van der Waals surface area contributed by atoms with E-state index in [9.17, 15) is 5.11 Å². The van der Waals surface area contributed by atoms with E-state index < -0.39 is 0 Å². The maximum atomic E-state index is 10.5. The number of hydrogen-bond acceptors (Lipinski definition) is 4. The third-order valence-electron chi connectivity index (χ3n) is 3.12. The van der Waals surface area contributed by atoms with Gasteiger partial charge in [-0.1, -0.05) is 0 Å². The first-order chi connectivity index (χ1) is 6.71. The SMILES string of the molecule is CN1CCC(O)(C2SCCCS2)CC1. The summed E-state index contributed by atoms with van der Waals surface area (Å²) in [5.41, 5.74) is -0.387. The van der Waals surface area contributed by atoms with Gasteiger partial charge in [-0.3, -0.25) is 0 Å². The van der Waals surface area contributed by atoms with Crippen LogP contribution in [0.2, 0.25) is 0 Å². The fraction of sp³-hybridized carbons (Fsp3) is 1.00. The van der Waals surface area contributed by atoms with Crippen LogP contribution in [0.3, 0.4) is 0 Å². The van der Waals surface area contributed by atoms with Gasteiger partial charge >= 0.3 is 0 Å². The van der Waals surface area contributed by atoms with E-state index in [4.69, 9.17) is 0 Å². The van der Waals surface area contributed by atoms with E-state index in [0.717, 1.165) is 25.9 Å². The summed E-state index contributed by atoms with van der Waals surface area (Å²) in [5.74, 6) is 2.46. The van der Waals surface area contributed by atoms with Crippen molar-refractivity contribution in [3.05, 3.63) is 0 Å². The van der Waals surface area contributed by atoms with Crippen LogP contribution >= 0.6 is 23.5 Å². The molecule has 0 aromatic heterocycles. The van der Waals surface area contributed by atoms with Gasteiger partial charge in [0.05, 0.1) is 10.2 Å².